The second kappa shape index (κ2) is 13.7. The molecule has 5 nitrogen and oxygen atoms in total. The molecule has 0 N–H and O–H groups in total. The molecule has 0 aromatic carbocycles. The summed E-state index contributed by atoms with van der Waals surface area (Å²) in [6.07, 6.45) is 8.85. The third-order valence-electron chi connectivity index (χ3n) is 8.42. The summed E-state index contributed by atoms with van der Waals surface area (Å²) in [7, 11) is 2.18. The van der Waals surface area contributed by atoms with Crippen LogP contribution in [-0.4, -0.2) is 117 Å². The Hall–Kier alpha value is -0.270. The van der Waals surface area contributed by atoms with E-state index in [0.29, 0.717) is 25.5 Å². The molecular formula is C27H53FN4O. The molecule has 0 radical (unpaired) electrons. The fourth-order valence-corrected chi connectivity index (χ4v) is 6.28. The van der Waals surface area contributed by atoms with E-state index in [9.17, 15) is 0 Å². The average Bonchev–Trinajstić information content (AvgIpc) is 2.85. The molecule has 3 aliphatic heterocycles. The van der Waals surface area contributed by atoms with Gasteiger partial charge in [0.25, 0.3) is 0 Å². The molecule has 1 aliphatic carbocycles. The van der Waals surface area contributed by atoms with Crippen molar-refractivity contribution in [2.24, 2.45) is 5.92 Å². The summed E-state index contributed by atoms with van der Waals surface area (Å²) in [6, 6.07) is 0. The Morgan fingerprint density at radius 2 is 1.39 bits per heavy atom. The maximum atomic E-state index is 15.6. The number of alkyl halides is 1. The van der Waals surface area contributed by atoms with Gasteiger partial charge in [0, 0.05) is 58.9 Å². The Morgan fingerprint density at radius 3 is 2.03 bits per heavy atom. The van der Waals surface area contributed by atoms with Crippen LogP contribution >= 0.6 is 0 Å². The number of piperazine rings is 1. The summed E-state index contributed by atoms with van der Waals surface area (Å²) in [5.74, 6) is 0.826. The van der Waals surface area contributed by atoms with Gasteiger partial charge in [-0.3, -0.25) is 4.90 Å². The zero-order chi connectivity index (χ0) is 23.7. The van der Waals surface area contributed by atoms with E-state index in [1.807, 2.05) is 13.8 Å². The second-order valence-electron chi connectivity index (χ2n) is 11.0. The molecule has 4 fully saturated rings. The standard InChI is InChI=1S/C25H47FN4O.C2H6/c1-3-28-12-4-5-22(19-28)20-29-15-17-30(18-16-29)21-25(26)10-6-23(7-11-25)31-24-8-13-27(2)14-9-24;1-2/h22-24H,3-21H2,1-2H3;1-2H3. The number of rotatable bonds is 7. The van der Waals surface area contributed by atoms with Crippen LogP contribution in [0.5, 0.6) is 0 Å². The highest BCUT2D eigenvalue weighted by molar-refractivity contribution is 4.91. The number of hydrogen-bond donors (Lipinski definition) is 0. The van der Waals surface area contributed by atoms with Crippen LogP contribution in [0.2, 0.25) is 0 Å². The minimum atomic E-state index is -1.00. The van der Waals surface area contributed by atoms with Crippen molar-refractivity contribution in [3.63, 3.8) is 0 Å². The van der Waals surface area contributed by atoms with Gasteiger partial charge in [-0.15, -0.1) is 0 Å². The van der Waals surface area contributed by atoms with Crippen LogP contribution in [0.1, 0.15) is 72.1 Å². The lowest BCUT2D eigenvalue weighted by Gasteiger charge is -2.43. The molecule has 0 amide bonds. The van der Waals surface area contributed by atoms with Gasteiger partial charge in [0.05, 0.1) is 12.2 Å². The van der Waals surface area contributed by atoms with Crippen molar-refractivity contribution in [3.8, 4) is 0 Å². The molecular weight excluding hydrogens is 415 g/mol. The van der Waals surface area contributed by atoms with E-state index in [2.05, 4.69) is 33.6 Å². The van der Waals surface area contributed by atoms with Gasteiger partial charge in [0.2, 0.25) is 0 Å². The number of hydrogen-bond acceptors (Lipinski definition) is 5. The Balaban J connectivity index is 0.00000149. The number of likely N-dealkylation sites (tertiary alicyclic amines) is 2. The van der Waals surface area contributed by atoms with E-state index < -0.39 is 5.67 Å². The summed E-state index contributed by atoms with van der Waals surface area (Å²) in [5, 5.41) is 0. The number of piperidine rings is 2. The number of nitrogens with zero attached hydrogens (tertiary/aromatic N) is 4. The van der Waals surface area contributed by atoms with E-state index in [1.54, 1.807) is 0 Å². The largest absolute Gasteiger partial charge is 0.375 e. The van der Waals surface area contributed by atoms with Gasteiger partial charge in [-0.05, 0) is 77.4 Å². The van der Waals surface area contributed by atoms with E-state index in [-0.39, 0.29) is 6.10 Å². The molecule has 3 heterocycles. The SMILES string of the molecule is CC.CCN1CCCC(CN2CCN(CC3(F)CCC(OC4CCN(C)CC4)CC3)CC2)C1. The van der Waals surface area contributed by atoms with Crippen LogP contribution in [0, 0.1) is 5.92 Å². The lowest BCUT2D eigenvalue weighted by Crippen LogP contribution is -2.53. The van der Waals surface area contributed by atoms with Gasteiger partial charge >= 0.3 is 0 Å². The van der Waals surface area contributed by atoms with Gasteiger partial charge in [-0.25, -0.2) is 4.39 Å². The first kappa shape index (κ1) is 27.3. The molecule has 6 heteroatoms. The molecule has 0 aromatic rings. The van der Waals surface area contributed by atoms with Crippen molar-refractivity contribution in [2.45, 2.75) is 90.0 Å². The smallest absolute Gasteiger partial charge is 0.123 e. The van der Waals surface area contributed by atoms with Crippen LogP contribution < -0.4 is 0 Å². The molecule has 4 aliphatic rings. The number of ether oxygens (including phenoxy) is 1. The molecule has 1 unspecified atom stereocenters. The third-order valence-corrected chi connectivity index (χ3v) is 8.42. The van der Waals surface area contributed by atoms with Gasteiger partial charge in [0.1, 0.15) is 5.67 Å². The minimum Gasteiger partial charge on any atom is -0.375 e. The molecule has 194 valence electrons. The van der Waals surface area contributed by atoms with E-state index in [4.69, 9.17) is 4.74 Å². The van der Waals surface area contributed by atoms with Gasteiger partial charge in [-0.1, -0.05) is 20.8 Å². The van der Waals surface area contributed by atoms with Gasteiger partial charge < -0.3 is 19.4 Å². The maximum Gasteiger partial charge on any atom is 0.123 e. The van der Waals surface area contributed by atoms with Crippen molar-refractivity contribution in [2.75, 3.05) is 79.0 Å². The van der Waals surface area contributed by atoms with Crippen molar-refractivity contribution >= 4 is 0 Å². The molecule has 1 atom stereocenters. The first-order chi connectivity index (χ1) is 16.0. The fourth-order valence-electron chi connectivity index (χ4n) is 6.28. The Morgan fingerprint density at radius 1 is 0.788 bits per heavy atom. The summed E-state index contributed by atoms with van der Waals surface area (Å²) < 4.78 is 21.9. The first-order valence-electron chi connectivity index (χ1n) is 14.2. The van der Waals surface area contributed by atoms with Crippen molar-refractivity contribution < 1.29 is 9.13 Å². The lowest BCUT2D eigenvalue weighted by molar-refractivity contribution is -0.0791. The van der Waals surface area contributed by atoms with E-state index in [1.165, 1.54) is 39.0 Å². The van der Waals surface area contributed by atoms with E-state index in [0.717, 1.165) is 70.9 Å². The quantitative estimate of drug-likeness (QED) is 0.559. The molecule has 0 spiro atoms. The highest BCUT2D eigenvalue weighted by atomic mass is 19.1. The zero-order valence-electron chi connectivity index (χ0n) is 22.2. The first-order valence-corrected chi connectivity index (χ1v) is 14.2. The Kier molecular flexibility index (Phi) is 11.4. The predicted octanol–water partition coefficient (Wildman–Crippen LogP) is 4.12. The molecule has 0 aromatic heterocycles. The fraction of sp³-hybridized carbons (Fsp3) is 1.00. The second-order valence-corrected chi connectivity index (χ2v) is 11.0. The normalized spacial score (nSPS) is 34.1. The Labute approximate surface area is 204 Å². The number of halogens is 1. The van der Waals surface area contributed by atoms with Crippen LogP contribution in [-0.2, 0) is 4.74 Å². The highest BCUT2D eigenvalue weighted by Crippen LogP contribution is 2.35. The predicted molar refractivity (Wildman–Crippen MR) is 137 cm³/mol. The van der Waals surface area contributed by atoms with Crippen LogP contribution in [0.4, 0.5) is 4.39 Å². The van der Waals surface area contributed by atoms with Gasteiger partial charge in [0.15, 0.2) is 0 Å². The van der Waals surface area contributed by atoms with Crippen molar-refractivity contribution in [3.05, 3.63) is 0 Å². The minimum absolute atomic E-state index is 0.285. The average molecular weight is 469 g/mol. The molecule has 1 saturated carbocycles. The van der Waals surface area contributed by atoms with Crippen molar-refractivity contribution in [1.82, 2.24) is 19.6 Å². The van der Waals surface area contributed by atoms with Crippen molar-refractivity contribution in [1.29, 1.82) is 0 Å². The van der Waals surface area contributed by atoms with Crippen LogP contribution in [0.25, 0.3) is 0 Å². The monoisotopic (exact) mass is 468 g/mol. The molecule has 0 bridgehead atoms. The topological polar surface area (TPSA) is 22.2 Å². The molecule has 3 saturated heterocycles. The molecule has 4 rings (SSSR count). The van der Waals surface area contributed by atoms with Gasteiger partial charge in [-0.2, -0.15) is 0 Å². The highest BCUT2D eigenvalue weighted by Gasteiger charge is 2.38. The summed E-state index contributed by atoms with van der Waals surface area (Å²) in [6.45, 7) is 18.4. The third kappa shape index (κ3) is 8.71. The zero-order valence-corrected chi connectivity index (χ0v) is 22.2. The van der Waals surface area contributed by atoms with E-state index >= 15 is 4.39 Å². The molecule has 33 heavy (non-hydrogen) atoms. The maximum absolute atomic E-state index is 15.6. The van der Waals surface area contributed by atoms with Crippen LogP contribution in [0.3, 0.4) is 0 Å². The summed E-state index contributed by atoms with van der Waals surface area (Å²) in [5.41, 5.74) is -1.00. The summed E-state index contributed by atoms with van der Waals surface area (Å²) in [4.78, 5) is 10.0. The summed E-state index contributed by atoms with van der Waals surface area (Å²) >= 11 is 0. The van der Waals surface area contributed by atoms with Crippen LogP contribution in [0.15, 0.2) is 0 Å². The lowest BCUT2D eigenvalue weighted by atomic mass is 9.84. The Bertz CT molecular complexity index is 526.